The molecular formula is C22H35IN6O. The number of rotatable bonds is 10. The largest absolute Gasteiger partial charge is 0.379 e. The Bertz CT molecular complexity index is 730. The van der Waals surface area contributed by atoms with Gasteiger partial charge < -0.3 is 19.9 Å². The number of hydrogen-bond donors (Lipinski definition) is 2. The molecule has 1 aliphatic heterocycles. The standard InChI is InChI=1S/C22H34N6O.HI/c1-2-23-22(25-10-6-13-27-15-17-29-18-16-27)26-11-9-21-24-12-14-28(21)19-20-7-4-3-5-8-20;/h3-5,7-8,12,14H,2,6,9-11,13,15-19H2,1H3,(H2,23,25,26);1H. The van der Waals surface area contributed by atoms with Crippen molar-refractivity contribution in [1.82, 2.24) is 25.1 Å². The van der Waals surface area contributed by atoms with E-state index in [-0.39, 0.29) is 24.0 Å². The highest BCUT2D eigenvalue weighted by Gasteiger charge is 2.09. The van der Waals surface area contributed by atoms with Gasteiger partial charge in [-0.15, -0.1) is 24.0 Å². The van der Waals surface area contributed by atoms with Crippen LogP contribution in [0.25, 0.3) is 0 Å². The lowest BCUT2D eigenvalue weighted by Gasteiger charge is -2.26. The molecule has 2 N–H and O–H groups in total. The molecule has 0 saturated carbocycles. The minimum Gasteiger partial charge on any atom is -0.379 e. The molecule has 1 aromatic heterocycles. The third-order valence-electron chi connectivity index (χ3n) is 4.99. The van der Waals surface area contributed by atoms with Crippen LogP contribution >= 0.6 is 24.0 Å². The number of morpholine rings is 1. The number of nitrogens with zero attached hydrogens (tertiary/aromatic N) is 4. The highest BCUT2D eigenvalue weighted by atomic mass is 127. The molecule has 0 unspecified atom stereocenters. The van der Waals surface area contributed by atoms with Gasteiger partial charge in [-0.05, 0) is 18.9 Å². The molecule has 0 atom stereocenters. The van der Waals surface area contributed by atoms with Crippen LogP contribution in [0.5, 0.6) is 0 Å². The van der Waals surface area contributed by atoms with E-state index in [0.29, 0.717) is 0 Å². The van der Waals surface area contributed by atoms with Gasteiger partial charge in [0.15, 0.2) is 5.96 Å². The van der Waals surface area contributed by atoms with E-state index in [0.717, 1.165) is 83.7 Å². The van der Waals surface area contributed by atoms with Crippen molar-refractivity contribution in [3.05, 3.63) is 54.1 Å². The second kappa shape index (κ2) is 14.4. The van der Waals surface area contributed by atoms with Crippen molar-refractivity contribution < 1.29 is 4.74 Å². The summed E-state index contributed by atoms with van der Waals surface area (Å²) in [7, 11) is 0. The fraction of sp³-hybridized carbons (Fsp3) is 0.545. The molecule has 2 heterocycles. The Balaban J connectivity index is 0.00000320. The average molecular weight is 526 g/mol. The van der Waals surface area contributed by atoms with E-state index < -0.39 is 0 Å². The van der Waals surface area contributed by atoms with E-state index in [1.54, 1.807) is 0 Å². The molecule has 1 fully saturated rings. The topological polar surface area (TPSA) is 66.7 Å². The number of nitrogens with one attached hydrogen (secondary N) is 2. The van der Waals surface area contributed by atoms with Crippen LogP contribution in [-0.2, 0) is 17.7 Å². The van der Waals surface area contributed by atoms with Crippen LogP contribution in [0.3, 0.4) is 0 Å². The molecule has 1 saturated heterocycles. The zero-order chi connectivity index (χ0) is 20.2. The summed E-state index contributed by atoms with van der Waals surface area (Å²) in [5.74, 6) is 1.97. The lowest BCUT2D eigenvalue weighted by atomic mass is 10.2. The monoisotopic (exact) mass is 526 g/mol. The highest BCUT2D eigenvalue weighted by Crippen LogP contribution is 2.06. The first kappa shape index (κ1) is 24.6. The number of aliphatic imine (C=N–C) groups is 1. The molecule has 0 radical (unpaired) electrons. The smallest absolute Gasteiger partial charge is 0.191 e. The Hall–Kier alpha value is -1.65. The van der Waals surface area contributed by atoms with E-state index in [2.05, 4.69) is 56.3 Å². The average Bonchev–Trinajstić information content (AvgIpc) is 3.19. The van der Waals surface area contributed by atoms with Gasteiger partial charge in [-0.3, -0.25) is 9.89 Å². The summed E-state index contributed by atoms with van der Waals surface area (Å²) >= 11 is 0. The van der Waals surface area contributed by atoms with Gasteiger partial charge in [0.05, 0.1) is 13.2 Å². The van der Waals surface area contributed by atoms with Crippen LogP contribution in [0.2, 0.25) is 0 Å². The van der Waals surface area contributed by atoms with Crippen molar-refractivity contribution >= 4 is 29.9 Å². The van der Waals surface area contributed by atoms with Crippen molar-refractivity contribution in [3.8, 4) is 0 Å². The summed E-state index contributed by atoms with van der Waals surface area (Å²) in [5, 5.41) is 6.77. The number of aromatic nitrogens is 2. The summed E-state index contributed by atoms with van der Waals surface area (Å²) in [6.07, 6.45) is 5.85. The van der Waals surface area contributed by atoms with Crippen LogP contribution < -0.4 is 10.6 Å². The lowest BCUT2D eigenvalue weighted by Crippen LogP contribution is -2.39. The number of ether oxygens (including phenoxy) is 1. The van der Waals surface area contributed by atoms with E-state index in [9.17, 15) is 0 Å². The molecule has 3 rings (SSSR count). The predicted molar refractivity (Wildman–Crippen MR) is 133 cm³/mol. The minimum absolute atomic E-state index is 0. The van der Waals surface area contributed by atoms with Gasteiger partial charge in [0.2, 0.25) is 0 Å². The molecule has 0 spiro atoms. The zero-order valence-electron chi connectivity index (χ0n) is 17.9. The summed E-state index contributed by atoms with van der Waals surface area (Å²) in [5.41, 5.74) is 1.29. The molecule has 1 aromatic carbocycles. The van der Waals surface area contributed by atoms with Crippen LogP contribution in [0, 0.1) is 0 Å². The molecule has 2 aromatic rings. The molecule has 0 amide bonds. The maximum Gasteiger partial charge on any atom is 0.191 e. The number of imidazole rings is 1. The summed E-state index contributed by atoms with van der Waals surface area (Å²) in [6.45, 7) is 10.3. The fourth-order valence-electron chi connectivity index (χ4n) is 3.44. The predicted octanol–water partition coefficient (Wildman–Crippen LogP) is 2.37. The molecule has 166 valence electrons. The second-order valence-electron chi connectivity index (χ2n) is 7.20. The number of halogens is 1. The number of guanidine groups is 1. The maximum atomic E-state index is 5.40. The molecular weight excluding hydrogens is 491 g/mol. The lowest BCUT2D eigenvalue weighted by molar-refractivity contribution is 0.0377. The zero-order valence-corrected chi connectivity index (χ0v) is 20.3. The Morgan fingerprint density at radius 3 is 2.73 bits per heavy atom. The van der Waals surface area contributed by atoms with Crippen molar-refractivity contribution in [2.24, 2.45) is 4.99 Å². The Morgan fingerprint density at radius 1 is 1.17 bits per heavy atom. The van der Waals surface area contributed by atoms with E-state index in [1.807, 2.05) is 18.5 Å². The first-order chi connectivity index (χ1) is 14.3. The maximum absolute atomic E-state index is 5.40. The highest BCUT2D eigenvalue weighted by molar-refractivity contribution is 14.0. The second-order valence-corrected chi connectivity index (χ2v) is 7.20. The van der Waals surface area contributed by atoms with Gasteiger partial charge in [0.1, 0.15) is 5.82 Å². The van der Waals surface area contributed by atoms with Crippen molar-refractivity contribution in [1.29, 1.82) is 0 Å². The Morgan fingerprint density at radius 2 is 1.97 bits per heavy atom. The Labute approximate surface area is 197 Å². The van der Waals surface area contributed by atoms with Gasteiger partial charge in [-0.25, -0.2) is 4.98 Å². The normalized spacial score (nSPS) is 14.9. The quantitative estimate of drug-likeness (QED) is 0.216. The van der Waals surface area contributed by atoms with Crippen LogP contribution in [0.15, 0.2) is 47.7 Å². The first-order valence-corrected chi connectivity index (χ1v) is 10.7. The van der Waals surface area contributed by atoms with Gasteiger partial charge in [-0.2, -0.15) is 0 Å². The molecule has 30 heavy (non-hydrogen) atoms. The molecule has 1 aliphatic rings. The molecule has 8 heteroatoms. The minimum atomic E-state index is 0. The number of hydrogen-bond acceptors (Lipinski definition) is 4. The van der Waals surface area contributed by atoms with Gasteiger partial charge in [-0.1, -0.05) is 30.3 Å². The molecule has 0 aliphatic carbocycles. The van der Waals surface area contributed by atoms with Crippen molar-refractivity contribution in [2.75, 3.05) is 52.5 Å². The first-order valence-electron chi connectivity index (χ1n) is 10.7. The fourth-order valence-corrected chi connectivity index (χ4v) is 3.44. The summed E-state index contributed by atoms with van der Waals surface area (Å²) in [4.78, 5) is 11.7. The van der Waals surface area contributed by atoms with Crippen LogP contribution in [-0.4, -0.2) is 72.9 Å². The summed E-state index contributed by atoms with van der Waals surface area (Å²) in [6, 6.07) is 10.5. The van der Waals surface area contributed by atoms with E-state index >= 15 is 0 Å². The third-order valence-corrected chi connectivity index (χ3v) is 4.99. The van der Waals surface area contributed by atoms with Gasteiger partial charge in [0.25, 0.3) is 0 Å². The van der Waals surface area contributed by atoms with Crippen LogP contribution in [0.4, 0.5) is 0 Å². The Kier molecular flexibility index (Phi) is 11.8. The third kappa shape index (κ3) is 8.61. The van der Waals surface area contributed by atoms with Gasteiger partial charge in [0, 0.05) is 64.6 Å². The summed E-state index contributed by atoms with van der Waals surface area (Å²) < 4.78 is 7.61. The molecule has 0 bridgehead atoms. The number of benzene rings is 1. The van der Waals surface area contributed by atoms with Crippen molar-refractivity contribution in [3.63, 3.8) is 0 Å². The molecule has 7 nitrogen and oxygen atoms in total. The SMILES string of the molecule is CCNC(=NCCCN1CCOCC1)NCCc1nccn1Cc1ccccc1.I. The van der Waals surface area contributed by atoms with E-state index in [1.165, 1.54) is 5.56 Å². The van der Waals surface area contributed by atoms with Gasteiger partial charge >= 0.3 is 0 Å². The van der Waals surface area contributed by atoms with E-state index in [4.69, 9.17) is 9.73 Å². The van der Waals surface area contributed by atoms with Crippen LogP contribution in [0.1, 0.15) is 24.7 Å². The van der Waals surface area contributed by atoms with Crippen molar-refractivity contribution in [2.45, 2.75) is 26.3 Å².